The third-order valence-corrected chi connectivity index (χ3v) is 2.57. The molecule has 1 aliphatic heterocycles. The first kappa shape index (κ1) is 12.8. The van der Waals surface area contributed by atoms with Crippen molar-refractivity contribution in [1.82, 2.24) is 15.1 Å². The van der Waals surface area contributed by atoms with E-state index in [2.05, 4.69) is 5.32 Å². The summed E-state index contributed by atoms with van der Waals surface area (Å²) in [4.78, 5) is 36.8. The van der Waals surface area contributed by atoms with Crippen LogP contribution in [0.5, 0.6) is 0 Å². The van der Waals surface area contributed by atoms with Gasteiger partial charge in [0.15, 0.2) is 0 Å². The van der Waals surface area contributed by atoms with Crippen LogP contribution < -0.4 is 5.32 Å². The van der Waals surface area contributed by atoms with Crippen LogP contribution in [-0.4, -0.2) is 60.2 Å². The molecule has 4 amide bonds. The normalized spacial score (nSPS) is 17.0. The van der Waals surface area contributed by atoms with Crippen molar-refractivity contribution in [1.29, 1.82) is 0 Å². The highest BCUT2D eigenvalue weighted by molar-refractivity contribution is 6.28. The molecule has 1 aliphatic rings. The molecule has 16 heavy (non-hydrogen) atoms. The molecule has 0 spiro atoms. The summed E-state index contributed by atoms with van der Waals surface area (Å²) in [5, 5.41) is 2.11. The number of alkyl halides is 1. The Morgan fingerprint density at radius 2 is 2.12 bits per heavy atom. The fraction of sp³-hybridized carbons (Fsp3) is 0.667. The van der Waals surface area contributed by atoms with E-state index in [1.807, 2.05) is 0 Å². The fourth-order valence-corrected chi connectivity index (χ4v) is 1.46. The van der Waals surface area contributed by atoms with Crippen LogP contribution in [0.25, 0.3) is 0 Å². The van der Waals surface area contributed by atoms with E-state index in [-0.39, 0.29) is 18.3 Å². The van der Waals surface area contributed by atoms with Gasteiger partial charge in [-0.3, -0.25) is 14.9 Å². The van der Waals surface area contributed by atoms with Gasteiger partial charge in [-0.2, -0.15) is 0 Å². The van der Waals surface area contributed by atoms with Gasteiger partial charge in [-0.25, -0.2) is 4.79 Å². The summed E-state index contributed by atoms with van der Waals surface area (Å²) in [6.45, 7) is 1.07. The highest BCUT2D eigenvalue weighted by Crippen LogP contribution is 2.02. The van der Waals surface area contributed by atoms with Gasteiger partial charge in [-0.05, 0) is 6.42 Å². The minimum atomic E-state index is -0.561. The number of likely N-dealkylation sites (N-methyl/N-ethyl adjacent to an activating group) is 1. The molecule has 0 aromatic heterocycles. The Hall–Kier alpha value is -1.30. The summed E-state index contributed by atoms with van der Waals surface area (Å²) in [7, 11) is 1.69. The molecule has 6 nitrogen and oxygen atoms in total. The lowest BCUT2D eigenvalue weighted by Crippen LogP contribution is -2.46. The Bertz CT molecular complexity index is 308. The summed E-state index contributed by atoms with van der Waals surface area (Å²) in [6.07, 6.45) is 0.699. The lowest BCUT2D eigenvalue weighted by atomic mass is 10.4. The van der Waals surface area contributed by atoms with E-state index in [0.717, 1.165) is 0 Å². The van der Waals surface area contributed by atoms with Crippen molar-refractivity contribution in [3.05, 3.63) is 0 Å². The summed E-state index contributed by atoms with van der Waals surface area (Å²) in [5.74, 6) is -0.962. The highest BCUT2D eigenvalue weighted by Gasteiger charge is 2.23. The molecule has 0 radical (unpaired) electrons. The minimum absolute atomic E-state index is 0.00208. The average molecular weight is 248 g/mol. The number of carbonyl (C=O) groups is 3. The van der Waals surface area contributed by atoms with Crippen LogP contribution in [0.15, 0.2) is 0 Å². The van der Waals surface area contributed by atoms with E-state index >= 15 is 0 Å². The van der Waals surface area contributed by atoms with Gasteiger partial charge in [-0.15, -0.1) is 11.6 Å². The lowest BCUT2D eigenvalue weighted by molar-refractivity contribution is -0.129. The first-order valence-electron chi connectivity index (χ1n) is 4.93. The maximum atomic E-state index is 11.5. The van der Waals surface area contributed by atoms with Crippen LogP contribution in [0.4, 0.5) is 4.79 Å². The second kappa shape index (κ2) is 5.69. The summed E-state index contributed by atoms with van der Waals surface area (Å²) >= 11 is 5.26. The van der Waals surface area contributed by atoms with Crippen LogP contribution in [-0.2, 0) is 9.59 Å². The van der Waals surface area contributed by atoms with Gasteiger partial charge in [0.05, 0.1) is 0 Å². The van der Waals surface area contributed by atoms with Crippen LogP contribution in [0.1, 0.15) is 6.42 Å². The Kier molecular flexibility index (Phi) is 4.54. The molecule has 0 atom stereocenters. The van der Waals surface area contributed by atoms with Crippen LogP contribution in [0.2, 0.25) is 0 Å². The van der Waals surface area contributed by atoms with E-state index in [0.29, 0.717) is 19.5 Å². The second-order valence-electron chi connectivity index (χ2n) is 3.58. The Labute approximate surface area is 98.5 Å². The molecule has 0 unspecified atom stereocenters. The molecule has 0 aromatic carbocycles. The van der Waals surface area contributed by atoms with Crippen LogP contribution >= 0.6 is 11.6 Å². The number of nitrogens with one attached hydrogen (secondary N) is 1. The van der Waals surface area contributed by atoms with Gasteiger partial charge < -0.3 is 9.80 Å². The maximum Gasteiger partial charge on any atom is 0.324 e. The van der Waals surface area contributed by atoms with Crippen molar-refractivity contribution in [2.24, 2.45) is 0 Å². The predicted molar refractivity (Wildman–Crippen MR) is 58.1 cm³/mol. The monoisotopic (exact) mass is 247 g/mol. The molecule has 1 heterocycles. The molecule has 0 aromatic rings. The molecular formula is C9H14ClN3O3. The Balaban J connectivity index is 2.55. The molecule has 1 fully saturated rings. The van der Waals surface area contributed by atoms with Gasteiger partial charge in [0.1, 0.15) is 12.4 Å². The smallest absolute Gasteiger partial charge is 0.324 e. The molecule has 90 valence electrons. The molecule has 0 bridgehead atoms. The van der Waals surface area contributed by atoms with Gasteiger partial charge in [0.25, 0.3) is 0 Å². The zero-order valence-electron chi connectivity index (χ0n) is 9.03. The van der Waals surface area contributed by atoms with Gasteiger partial charge in [0.2, 0.25) is 11.8 Å². The van der Waals surface area contributed by atoms with Crippen LogP contribution in [0, 0.1) is 0 Å². The first-order chi connectivity index (χ1) is 7.54. The molecule has 1 rings (SSSR count). The first-order valence-corrected chi connectivity index (χ1v) is 5.46. The minimum Gasteiger partial charge on any atom is -0.344 e. The number of hydrogen-bond donors (Lipinski definition) is 1. The third kappa shape index (κ3) is 3.37. The van der Waals surface area contributed by atoms with E-state index in [4.69, 9.17) is 11.6 Å². The quantitative estimate of drug-likeness (QED) is 0.643. The van der Waals surface area contributed by atoms with Crippen LogP contribution in [0.3, 0.4) is 0 Å². The van der Waals surface area contributed by atoms with Crippen molar-refractivity contribution in [3.8, 4) is 0 Å². The standard InChI is InChI=1S/C9H14ClN3O3/c1-12-3-2-4-13(6-8(12)15)9(16)11-7(14)5-10/h2-6H2,1H3,(H,11,14,16). The maximum absolute atomic E-state index is 11.5. The van der Waals surface area contributed by atoms with Crippen molar-refractivity contribution in [2.75, 3.05) is 32.6 Å². The molecule has 1 saturated heterocycles. The van der Waals surface area contributed by atoms with Crippen molar-refractivity contribution in [3.63, 3.8) is 0 Å². The number of imide groups is 1. The van der Waals surface area contributed by atoms with E-state index in [1.165, 1.54) is 4.90 Å². The molecule has 1 N–H and O–H groups in total. The van der Waals surface area contributed by atoms with E-state index in [9.17, 15) is 14.4 Å². The zero-order valence-corrected chi connectivity index (χ0v) is 9.79. The van der Waals surface area contributed by atoms with Crippen molar-refractivity contribution in [2.45, 2.75) is 6.42 Å². The SMILES string of the molecule is CN1CCCN(C(=O)NC(=O)CCl)CC1=O. The third-order valence-electron chi connectivity index (χ3n) is 2.33. The van der Waals surface area contributed by atoms with Crippen molar-refractivity contribution < 1.29 is 14.4 Å². The second-order valence-corrected chi connectivity index (χ2v) is 3.84. The number of hydrogen-bond acceptors (Lipinski definition) is 3. The predicted octanol–water partition coefficient (Wildman–Crippen LogP) is -0.375. The highest BCUT2D eigenvalue weighted by atomic mass is 35.5. The number of rotatable bonds is 1. The topological polar surface area (TPSA) is 69.7 Å². The molecule has 0 aliphatic carbocycles. The number of carbonyl (C=O) groups excluding carboxylic acids is 3. The van der Waals surface area contributed by atoms with Crippen molar-refractivity contribution >= 4 is 29.4 Å². The average Bonchev–Trinajstić information content (AvgIpc) is 2.41. The fourth-order valence-electron chi connectivity index (χ4n) is 1.39. The molecular weight excluding hydrogens is 234 g/mol. The number of nitrogens with zero attached hydrogens (tertiary/aromatic N) is 2. The van der Waals surface area contributed by atoms with Gasteiger partial charge in [0, 0.05) is 20.1 Å². The summed E-state index contributed by atoms with van der Waals surface area (Å²) in [6, 6.07) is -0.561. The molecule has 7 heteroatoms. The number of urea groups is 1. The number of halogens is 1. The van der Waals surface area contributed by atoms with Gasteiger partial charge >= 0.3 is 6.03 Å². The Morgan fingerprint density at radius 3 is 2.75 bits per heavy atom. The lowest BCUT2D eigenvalue weighted by Gasteiger charge is -2.19. The van der Waals surface area contributed by atoms with E-state index in [1.54, 1.807) is 11.9 Å². The summed E-state index contributed by atoms with van der Waals surface area (Å²) in [5.41, 5.74) is 0. The van der Waals surface area contributed by atoms with E-state index < -0.39 is 11.9 Å². The summed E-state index contributed by atoms with van der Waals surface area (Å²) < 4.78 is 0. The largest absolute Gasteiger partial charge is 0.344 e. The molecule has 0 saturated carbocycles. The Morgan fingerprint density at radius 1 is 1.44 bits per heavy atom. The number of amides is 4. The van der Waals surface area contributed by atoms with Gasteiger partial charge in [-0.1, -0.05) is 0 Å². The zero-order chi connectivity index (χ0) is 12.1.